The Balaban J connectivity index is 1.74. The maximum Gasteiger partial charge on any atom is 0.260 e. The second-order valence-electron chi connectivity index (χ2n) is 5.81. The third kappa shape index (κ3) is 4.76. The van der Waals surface area contributed by atoms with Crippen LogP contribution >= 0.6 is 0 Å². The number of likely N-dealkylation sites (tertiary alicyclic amines) is 1. The zero-order valence-corrected chi connectivity index (χ0v) is 13.3. The predicted octanol–water partition coefficient (Wildman–Crippen LogP) is 1.75. The van der Waals surface area contributed by atoms with E-state index >= 15 is 0 Å². The van der Waals surface area contributed by atoms with Crippen molar-refractivity contribution in [1.82, 2.24) is 10.2 Å². The van der Waals surface area contributed by atoms with Crippen molar-refractivity contribution in [2.45, 2.75) is 26.2 Å². The molecule has 0 saturated carbocycles. The fourth-order valence-corrected chi connectivity index (χ4v) is 2.69. The molecule has 1 saturated heterocycles. The highest BCUT2D eigenvalue weighted by Crippen LogP contribution is 2.20. The summed E-state index contributed by atoms with van der Waals surface area (Å²) in [5.74, 6) is 1.19. The van der Waals surface area contributed by atoms with Crippen LogP contribution in [0.5, 0.6) is 5.75 Å². The first-order chi connectivity index (χ1) is 10.6. The minimum absolute atomic E-state index is 0.0138. The Labute approximate surface area is 131 Å². The first kappa shape index (κ1) is 16.3. The number of amides is 2. The van der Waals surface area contributed by atoms with Gasteiger partial charge in [0, 0.05) is 26.6 Å². The number of hydrogen-bond acceptors (Lipinski definition) is 3. The largest absolute Gasteiger partial charge is 0.484 e. The van der Waals surface area contributed by atoms with Crippen molar-refractivity contribution < 1.29 is 14.3 Å². The van der Waals surface area contributed by atoms with Gasteiger partial charge >= 0.3 is 0 Å². The van der Waals surface area contributed by atoms with E-state index in [1.807, 2.05) is 36.1 Å². The summed E-state index contributed by atoms with van der Waals surface area (Å²) in [4.78, 5) is 25.4. The van der Waals surface area contributed by atoms with Crippen LogP contribution < -0.4 is 10.1 Å². The van der Waals surface area contributed by atoms with Crippen LogP contribution in [0.4, 0.5) is 0 Å². The molecule has 0 spiro atoms. The third-order valence-corrected chi connectivity index (χ3v) is 4.07. The molecule has 1 fully saturated rings. The smallest absolute Gasteiger partial charge is 0.260 e. The molecule has 0 unspecified atom stereocenters. The number of ether oxygens (including phenoxy) is 1. The summed E-state index contributed by atoms with van der Waals surface area (Å²) in [5.41, 5.74) is 1.11. The summed E-state index contributed by atoms with van der Waals surface area (Å²) in [5, 5.41) is 2.65. The average molecular weight is 304 g/mol. The van der Waals surface area contributed by atoms with Gasteiger partial charge in [0.25, 0.3) is 5.91 Å². The lowest BCUT2D eigenvalue weighted by Gasteiger charge is -2.31. The van der Waals surface area contributed by atoms with Crippen LogP contribution in [0.1, 0.15) is 24.8 Å². The quantitative estimate of drug-likeness (QED) is 0.901. The first-order valence-corrected chi connectivity index (χ1v) is 7.76. The van der Waals surface area contributed by atoms with E-state index in [0.29, 0.717) is 25.4 Å². The maximum absolute atomic E-state index is 12.2. The molecule has 0 radical (unpaired) electrons. The Morgan fingerprint density at radius 3 is 2.68 bits per heavy atom. The fourth-order valence-electron chi connectivity index (χ4n) is 2.69. The van der Waals surface area contributed by atoms with Crippen LogP contribution in [0.15, 0.2) is 24.3 Å². The number of carbonyl (C=O) groups is 2. The zero-order valence-electron chi connectivity index (χ0n) is 13.3. The van der Waals surface area contributed by atoms with E-state index < -0.39 is 0 Å². The van der Waals surface area contributed by atoms with Gasteiger partial charge in [-0.05, 0) is 43.4 Å². The topological polar surface area (TPSA) is 58.6 Å². The van der Waals surface area contributed by atoms with Crippen molar-refractivity contribution in [1.29, 1.82) is 0 Å². The molecule has 2 amide bonds. The minimum Gasteiger partial charge on any atom is -0.484 e. The SMILES string of the molecule is CNC(=O)CC1CCN(C(=O)COc2cccc(C)c2)CC1. The lowest BCUT2D eigenvalue weighted by Crippen LogP contribution is -2.41. The van der Waals surface area contributed by atoms with Crippen molar-refractivity contribution in [2.75, 3.05) is 26.7 Å². The number of carbonyl (C=O) groups excluding carboxylic acids is 2. The number of piperidine rings is 1. The number of rotatable bonds is 5. The van der Waals surface area contributed by atoms with Gasteiger partial charge in [0.15, 0.2) is 6.61 Å². The number of nitrogens with zero attached hydrogens (tertiary/aromatic N) is 1. The Kier molecular flexibility index (Phi) is 5.81. The van der Waals surface area contributed by atoms with Crippen molar-refractivity contribution in [3.8, 4) is 5.75 Å². The minimum atomic E-state index is 0.0138. The molecule has 22 heavy (non-hydrogen) atoms. The molecule has 0 atom stereocenters. The molecule has 1 N–H and O–H groups in total. The van der Waals surface area contributed by atoms with Gasteiger partial charge in [0.05, 0.1) is 0 Å². The van der Waals surface area contributed by atoms with Gasteiger partial charge in [0.1, 0.15) is 5.75 Å². The van der Waals surface area contributed by atoms with Crippen LogP contribution in [-0.2, 0) is 9.59 Å². The predicted molar refractivity (Wildman–Crippen MR) is 84.7 cm³/mol. The highest BCUT2D eigenvalue weighted by atomic mass is 16.5. The molecule has 1 aromatic carbocycles. The standard InChI is InChI=1S/C17H24N2O3/c1-13-4-3-5-15(10-13)22-12-17(21)19-8-6-14(7-9-19)11-16(20)18-2/h3-5,10,14H,6-9,11-12H2,1-2H3,(H,18,20). The molecule has 0 aliphatic carbocycles. The third-order valence-electron chi connectivity index (χ3n) is 4.07. The van der Waals surface area contributed by atoms with Gasteiger partial charge in [-0.2, -0.15) is 0 Å². The van der Waals surface area contributed by atoms with Crippen LogP contribution in [0.3, 0.4) is 0 Å². The highest BCUT2D eigenvalue weighted by molar-refractivity contribution is 5.78. The van der Waals surface area contributed by atoms with E-state index in [2.05, 4.69) is 5.32 Å². The van der Waals surface area contributed by atoms with E-state index in [4.69, 9.17) is 4.74 Å². The van der Waals surface area contributed by atoms with Crippen LogP contribution in [-0.4, -0.2) is 43.5 Å². The second kappa shape index (κ2) is 7.82. The van der Waals surface area contributed by atoms with Crippen LogP contribution in [0, 0.1) is 12.8 Å². The molecular formula is C17H24N2O3. The second-order valence-corrected chi connectivity index (χ2v) is 5.81. The van der Waals surface area contributed by atoms with E-state index in [0.717, 1.165) is 24.2 Å². The van der Waals surface area contributed by atoms with Crippen molar-refractivity contribution in [3.63, 3.8) is 0 Å². The van der Waals surface area contributed by atoms with Gasteiger partial charge in [-0.3, -0.25) is 9.59 Å². The van der Waals surface area contributed by atoms with Gasteiger partial charge in [-0.1, -0.05) is 12.1 Å². The van der Waals surface area contributed by atoms with E-state index in [-0.39, 0.29) is 18.4 Å². The molecule has 1 aromatic rings. The molecule has 1 aliphatic rings. The van der Waals surface area contributed by atoms with E-state index in [1.54, 1.807) is 7.05 Å². The Morgan fingerprint density at radius 1 is 1.32 bits per heavy atom. The van der Waals surface area contributed by atoms with Crippen LogP contribution in [0.2, 0.25) is 0 Å². The number of aryl methyl sites for hydroxylation is 1. The normalized spacial score (nSPS) is 15.5. The number of hydrogen-bond donors (Lipinski definition) is 1. The number of nitrogens with one attached hydrogen (secondary N) is 1. The lowest BCUT2D eigenvalue weighted by atomic mass is 9.93. The van der Waals surface area contributed by atoms with Gasteiger partial charge < -0.3 is 15.0 Å². The Hall–Kier alpha value is -2.04. The molecular weight excluding hydrogens is 280 g/mol. The average Bonchev–Trinajstić information content (AvgIpc) is 2.53. The summed E-state index contributed by atoms with van der Waals surface area (Å²) >= 11 is 0. The monoisotopic (exact) mass is 304 g/mol. The van der Waals surface area contributed by atoms with Crippen molar-refractivity contribution in [3.05, 3.63) is 29.8 Å². The Bertz CT molecular complexity index is 522. The summed E-state index contributed by atoms with van der Waals surface area (Å²) in [6.07, 6.45) is 2.31. The molecule has 120 valence electrons. The molecule has 0 aromatic heterocycles. The van der Waals surface area contributed by atoms with Gasteiger partial charge in [-0.15, -0.1) is 0 Å². The summed E-state index contributed by atoms with van der Waals surface area (Å²) < 4.78 is 5.56. The molecule has 5 heteroatoms. The molecule has 0 bridgehead atoms. The fraction of sp³-hybridized carbons (Fsp3) is 0.529. The Morgan fingerprint density at radius 2 is 2.05 bits per heavy atom. The zero-order chi connectivity index (χ0) is 15.9. The van der Waals surface area contributed by atoms with Crippen LogP contribution in [0.25, 0.3) is 0 Å². The number of benzene rings is 1. The van der Waals surface area contributed by atoms with E-state index in [1.165, 1.54) is 0 Å². The summed E-state index contributed by atoms with van der Waals surface area (Å²) in [6.45, 7) is 3.48. The lowest BCUT2D eigenvalue weighted by molar-refractivity contribution is -0.134. The van der Waals surface area contributed by atoms with Crippen molar-refractivity contribution in [2.24, 2.45) is 5.92 Å². The molecule has 5 nitrogen and oxygen atoms in total. The van der Waals surface area contributed by atoms with Crippen molar-refractivity contribution >= 4 is 11.8 Å². The van der Waals surface area contributed by atoms with Gasteiger partial charge in [-0.25, -0.2) is 0 Å². The first-order valence-electron chi connectivity index (χ1n) is 7.76. The molecule has 1 heterocycles. The van der Waals surface area contributed by atoms with E-state index in [9.17, 15) is 9.59 Å². The highest BCUT2D eigenvalue weighted by Gasteiger charge is 2.24. The molecule has 1 aliphatic heterocycles. The summed E-state index contributed by atoms with van der Waals surface area (Å²) in [7, 11) is 1.66. The van der Waals surface area contributed by atoms with Gasteiger partial charge in [0.2, 0.25) is 5.91 Å². The summed E-state index contributed by atoms with van der Waals surface area (Å²) in [6, 6.07) is 7.68. The maximum atomic E-state index is 12.2. The molecule has 2 rings (SSSR count).